The van der Waals surface area contributed by atoms with Crippen LogP contribution in [0.2, 0.25) is 0 Å². The van der Waals surface area contributed by atoms with Crippen LogP contribution in [-0.4, -0.2) is 10.2 Å². The van der Waals surface area contributed by atoms with E-state index in [1.807, 2.05) is 0 Å². The largest absolute Gasteiger partial charge is 0.506 e. The molecule has 0 aliphatic carbocycles. The molecule has 0 atom stereocenters. The zero-order chi connectivity index (χ0) is 17.2. The summed E-state index contributed by atoms with van der Waals surface area (Å²) in [5.41, 5.74) is 25.1. The van der Waals surface area contributed by atoms with Crippen molar-refractivity contribution in [2.75, 3.05) is 22.9 Å². The Kier molecular flexibility index (Phi) is 2.63. The summed E-state index contributed by atoms with van der Waals surface area (Å²) in [6.45, 7) is 0. The normalized spacial score (nSPS) is 11.5. The van der Waals surface area contributed by atoms with E-state index in [1.54, 1.807) is 36.4 Å². The quantitative estimate of drug-likeness (QED) is 0.167. The number of phenols is 2. The van der Waals surface area contributed by atoms with E-state index in [2.05, 4.69) is 0 Å². The molecular weight excluding hydrogens is 304 g/mol. The maximum Gasteiger partial charge on any atom is 0.139 e. The van der Waals surface area contributed by atoms with Gasteiger partial charge < -0.3 is 33.1 Å². The third kappa shape index (κ3) is 1.77. The molecule has 24 heavy (non-hydrogen) atoms. The molecule has 0 saturated heterocycles. The molecule has 10 N–H and O–H groups in total. The SMILES string of the molecule is Nc1cc2c(cc1N)c1cc(O)c(N)cc1c1cc(N)c(O)cc21. The van der Waals surface area contributed by atoms with Crippen molar-refractivity contribution in [3.8, 4) is 11.5 Å². The number of phenolic OH excluding ortho intramolecular Hbond substituents is 2. The molecule has 0 heterocycles. The first-order valence-corrected chi connectivity index (χ1v) is 7.32. The van der Waals surface area contributed by atoms with Crippen molar-refractivity contribution in [1.82, 2.24) is 0 Å². The number of hydrogen-bond acceptors (Lipinski definition) is 6. The van der Waals surface area contributed by atoms with Crippen LogP contribution in [0.3, 0.4) is 0 Å². The third-order valence-electron chi connectivity index (χ3n) is 4.43. The molecule has 6 nitrogen and oxygen atoms in total. The zero-order valence-electron chi connectivity index (χ0n) is 12.7. The average molecular weight is 320 g/mol. The minimum absolute atomic E-state index is 0.00898. The van der Waals surface area contributed by atoms with E-state index in [0.29, 0.717) is 11.4 Å². The Bertz CT molecular complexity index is 902. The van der Waals surface area contributed by atoms with Gasteiger partial charge in [-0.1, -0.05) is 0 Å². The van der Waals surface area contributed by atoms with E-state index >= 15 is 0 Å². The Morgan fingerprint density at radius 3 is 1.00 bits per heavy atom. The van der Waals surface area contributed by atoms with Gasteiger partial charge in [-0.05, 0) is 68.7 Å². The fourth-order valence-corrected chi connectivity index (χ4v) is 3.18. The standard InChI is InChI=1S/C18H16N4O2/c19-13-1-7-8(2-14(13)20)12-6-18(24)16(22)4-10(12)9-3-15(21)17(23)5-11(7)9/h1-6,23-24H,19-22H2. The molecule has 4 aromatic carbocycles. The number of fused-ring (bicyclic) bond motifs is 6. The topological polar surface area (TPSA) is 145 Å². The fraction of sp³-hybridized carbons (Fsp3) is 0. The van der Waals surface area contributed by atoms with Gasteiger partial charge in [-0.3, -0.25) is 0 Å². The van der Waals surface area contributed by atoms with Crippen molar-refractivity contribution >= 4 is 55.1 Å². The molecule has 0 saturated carbocycles. The van der Waals surface area contributed by atoms with Crippen molar-refractivity contribution in [3.05, 3.63) is 36.4 Å². The molecule has 0 spiro atoms. The van der Waals surface area contributed by atoms with E-state index in [4.69, 9.17) is 22.9 Å². The maximum absolute atomic E-state index is 10.0. The molecule has 0 aliphatic rings. The molecular formula is C18H16N4O2. The first-order valence-electron chi connectivity index (χ1n) is 7.32. The summed E-state index contributed by atoms with van der Waals surface area (Å²) in [7, 11) is 0. The minimum Gasteiger partial charge on any atom is -0.506 e. The number of benzene rings is 4. The van der Waals surface area contributed by atoms with Crippen LogP contribution in [0.4, 0.5) is 22.7 Å². The summed E-state index contributed by atoms with van der Waals surface area (Å²) >= 11 is 0. The number of anilines is 4. The summed E-state index contributed by atoms with van der Waals surface area (Å²) in [6.07, 6.45) is 0. The van der Waals surface area contributed by atoms with Crippen LogP contribution >= 0.6 is 0 Å². The predicted molar refractivity (Wildman–Crippen MR) is 99.9 cm³/mol. The highest BCUT2D eigenvalue weighted by molar-refractivity contribution is 6.27. The molecule has 0 fully saturated rings. The van der Waals surface area contributed by atoms with E-state index < -0.39 is 0 Å². The van der Waals surface area contributed by atoms with Crippen molar-refractivity contribution in [2.45, 2.75) is 0 Å². The second-order valence-corrected chi connectivity index (χ2v) is 5.94. The molecule has 6 heteroatoms. The van der Waals surface area contributed by atoms with Crippen LogP contribution in [0, 0.1) is 0 Å². The first-order chi connectivity index (χ1) is 11.4. The molecule has 0 radical (unpaired) electrons. The second-order valence-electron chi connectivity index (χ2n) is 5.94. The summed E-state index contributed by atoms with van der Waals surface area (Å²) in [4.78, 5) is 0. The molecule has 120 valence electrons. The molecule has 0 amide bonds. The van der Waals surface area contributed by atoms with E-state index in [-0.39, 0.29) is 22.9 Å². The lowest BCUT2D eigenvalue weighted by Gasteiger charge is -2.14. The van der Waals surface area contributed by atoms with E-state index in [9.17, 15) is 10.2 Å². The lowest BCUT2D eigenvalue weighted by atomic mass is 9.92. The van der Waals surface area contributed by atoms with Gasteiger partial charge in [0, 0.05) is 0 Å². The van der Waals surface area contributed by atoms with Gasteiger partial charge in [0.25, 0.3) is 0 Å². The van der Waals surface area contributed by atoms with E-state index in [0.717, 1.165) is 32.3 Å². The van der Waals surface area contributed by atoms with Crippen LogP contribution in [0.15, 0.2) is 36.4 Å². The van der Waals surface area contributed by atoms with Crippen molar-refractivity contribution in [3.63, 3.8) is 0 Å². The summed E-state index contributed by atoms with van der Waals surface area (Å²) in [5, 5.41) is 24.8. The third-order valence-corrected chi connectivity index (χ3v) is 4.43. The minimum atomic E-state index is -0.00898. The Labute approximate surface area is 136 Å². The van der Waals surface area contributed by atoms with Gasteiger partial charge in [0.1, 0.15) is 11.5 Å². The lowest BCUT2D eigenvalue weighted by molar-refractivity contribution is 0.478. The van der Waals surface area contributed by atoms with Crippen LogP contribution in [0.25, 0.3) is 32.3 Å². The number of rotatable bonds is 0. The smallest absolute Gasteiger partial charge is 0.139 e. The van der Waals surface area contributed by atoms with Gasteiger partial charge in [-0.15, -0.1) is 0 Å². The highest BCUT2D eigenvalue weighted by atomic mass is 16.3. The van der Waals surface area contributed by atoms with Crippen LogP contribution < -0.4 is 22.9 Å². The number of aromatic hydroxyl groups is 2. The average Bonchev–Trinajstić information content (AvgIpc) is 2.53. The lowest BCUT2D eigenvalue weighted by Crippen LogP contribution is -1.96. The molecule has 0 aromatic heterocycles. The monoisotopic (exact) mass is 320 g/mol. The Balaban J connectivity index is 2.40. The van der Waals surface area contributed by atoms with Gasteiger partial charge in [-0.25, -0.2) is 0 Å². The predicted octanol–water partition coefficient (Wildman–Crippen LogP) is 2.89. The fourth-order valence-electron chi connectivity index (χ4n) is 3.18. The number of hydrogen-bond donors (Lipinski definition) is 6. The van der Waals surface area contributed by atoms with Crippen LogP contribution in [0.5, 0.6) is 11.5 Å². The number of nitrogen functional groups attached to an aromatic ring is 4. The Morgan fingerprint density at radius 1 is 0.417 bits per heavy atom. The van der Waals surface area contributed by atoms with Gasteiger partial charge >= 0.3 is 0 Å². The zero-order valence-corrected chi connectivity index (χ0v) is 12.7. The molecule has 0 unspecified atom stereocenters. The maximum atomic E-state index is 10.0. The summed E-state index contributed by atoms with van der Waals surface area (Å²) < 4.78 is 0. The van der Waals surface area contributed by atoms with Gasteiger partial charge in [0.15, 0.2) is 0 Å². The first kappa shape index (κ1) is 14.1. The highest BCUT2D eigenvalue weighted by Crippen LogP contribution is 2.42. The van der Waals surface area contributed by atoms with Gasteiger partial charge in [0.05, 0.1) is 22.7 Å². The highest BCUT2D eigenvalue weighted by Gasteiger charge is 2.14. The molecule has 0 bridgehead atoms. The van der Waals surface area contributed by atoms with Gasteiger partial charge in [-0.2, -0.15) is 0 Å². The summed E-state index contributed by atoms with van der Waals surface area (Å²) in [5.74, 6) is -0.0180. The van der Waals surface area contributed by atoms with Gasteiger partial charge in [0.2, 0.25) is 0 Å². The number of nitrogens with two attached hydrogens (primary N) is 4. The Hall–Kier alpha value is -3.54. The molecule has 4 rings (SSSR count). The van der Waals surface area contributed by atoms with Crippen molar-refractivity contribution < 1.29 is 10.2 Å². The second kappa shape index (κ2) is 4.48. The molecule has 0 aliphatic heterocycles. The summed E-state index contributed by atoms with van der Waals surface area (Å²) in [6, 6.07) is 10.1. The Morgan fingerprint density at radius 2 is 0.667 bits per heavy atom. The van der Waals surface area contributed by atoms with Crippen molar-refractivity contribution in [1.29, 1.82) is 0 Å². The van der Waals surface area contributed by atoms with Crippen molar-refractivity contribution in [2.24, 2.45) is 0 Å². The van der Waals surface area contributed by atoms with E-state index in [1.165, 1.54) is 0 Å². The molecule has 4 aromatic rings. The van der Waals surface area contributed by atoms with Crippen LogP contribution in [0.1, 0.15) is 0 Å². The van der Waals surface area contributed by atoms with Crippen LogP contribution in [-0.2, 0) is 0 Å².